The third-order valence-electron chi connectivity index (χ3n) is 7.09. The lowest BCUT2D eigenvalue weighted by molar-refractivity contribution is -0.145. The van der Waals surface area contributed by atoms with Gasteiger partial charge >= 0.3 is 5.97 Å². The highest BCUT2D eigenvalue weighted by molar-refractivity contribution is 5.69. The molecule has 0 spiro atoms. The molecule has 0 fully saturated rings. The number of hydrogen-bond acceptors (Lipinski definition) is 13. The fourth-order valence-corrected chi connectivity index (χ4v) is 4.27. The molecule has 13 nitrogen and oxygen atoms in total. The van der Waals surface area contributed by atoms with Crippen LogP contribution in [0.25, 0.3) is 0 Å². The van der Waals surface area contributed by atoms with Crippen molar-refractivity contribution in [3.8, 4) is 0 Å². The van der Waals surface area contributed by atoms with E-state index in [4.69, 9.17) is 56.8 Å². The molecule has 0 aromatic rings. The number of ether oxygens (including phenoxy) is 12. The van der Waals surface area contributed by atoms with E-state index in [1.807, 2.05) is 0 Å². The Labute approximate surface area is 303 Å². The molecule has 0 atom stereocenters. The van der Waals surface area contributed by atoms with Crippen LogP contribution in [-0.4, -0.2) is 158 Å². The van der Waals surface area contributed by atoms with E-state index in [9.17, 15) is 4.79 Å². The average molecular weight is 727 g/mol. The summed E-state index contributed by atoms with van der Waals surface area (Å²) < 4.78 is 65.5. The topological polar surface area (TPSA) is 128 Å². The van der Waals surface area contributed by atoms with E-state index in [1.165, 1.54) is 32.1 Å². The zero-order valence-corrected chi connectivity index (χ0v) is 31.8. The van der Waals surface area contributed by atoms with Crippen molar-refractivity contribution in [2.75, 3.05) is 152 Å². The maximum Gasteiger partial charge on any atom is 0.305 e. The summed E-state index contributed by atoms with van der Waals surface area (Å²) in [7, 11) is 0. The highest BCUT2D eigenvalue weighted by atomic mass is 16.6. The molecule has 0 aromatic carbocycles. The molecule has 0 rings (SSSR count). The van der Waals surface area contributed by atoms with Crippen LogP contribution in [0.15, 0.2) is 0 Å². The summed E-state index contributed by atoms with van der Waals surface area (Å²) in [5.74, 6) is -0.151. The van der Waals surface area contributed by atoms with Gasteiger partial charge < -0.3 is 56.8 Å². The lowest BCUT2D eigenvalue weighted by Gasteiger charge is -2.09. The summed E-state index contributed by atoms with van der Waals surface area (Å²) in [4.78, 5) is 11.6. The zero-order valence-electron chi connectivity index (χ0n) is 31.8. The van der Waals surface area contributed by atoms with Gasteiger partial charge in [-0.05, 0) is 12.8 Å². The Bertz CT molecular complexity index is 630. The van der Waals surface area contributed by atoms with Gasteiger partial charge in [-0.3, -0.25) is 4.79 Å². The van der Waals surface area contributed by atoms with Crippen molar-refractivity contribution in [2.24, 2.45) is 0 Å². The standard InChI is InChI=1S/C37H74O13/c1-3-5-7-9-10-12-14-39-15-16-40-17-18-41-19-20-42-21-22-43-23-24-44-25-26-45-27-28-46-29-30-47-31-32-48-33-34-49-35-36-50-37(38)13-11-8-6-4-2/h3-36H2,1-2H3. The van der Waals surface area contributed by atoms with Crippen molar-refractivity contribution in [1.82, 2.24) is 0 Å². The fourth-order valence-electron chi connectivity index (χ4n) is 4.27. The summed E-state index contributed by atoms with van der Waals surface area (Å²) in [5.41, 5.74) is 0. The summed E-state index contributed by atoms with van der Waals surface area (Å²) in [5, 5.41) is 0. The van der Waals surface area contributed by atoms with Crippen LogP contribution in [0.1, 0.15) is 84.5 Å². The van der Waals surface area contributed by atoms with Crippen molar-refractivity contribution in [2.45, 2.75) is 84.5 Å². The molecule has 0 aliphatic carbocycles. The highest BCUT2D eigenvalue weighted by Crippen LogP contribution is 2.05. The zero-order chi connectivity index (χ0) is 36.1. The third kappa shape index (κ3) is 45.1. The summed E-state index contributed by atoms with van der Waals surface area (Å²) in [6.45, 7) is 16.3. The Hall–Kier alpha value is -0.970. The van der Waals surface area contributed by atoms with Crippen molar-refractivity contribution in [3.63, 3.8) is 0 Å². The Kier molecular flexibility index (Phi) is 45.2. The van der Waals surface area contributed by atoms with Gasteiger partial charge in [-0.15, -0.1) is 0 Å². The summed E-state index contributed by atoms with van der Waals surface area (Å²) in [6, 6.07) is 0. The molecule has 0 aromatic heterocycles. The first kappa shape index (κ1) is 49.0. The Morgan fingerprint density at radius 3 is 0.840 bits per heavy atom. The molecule has 300 valence electrons. The summed E-state index contributed by atoms with van der Waals surface area (Å²) in [6.07, 6.45) is 12.4. The van der Waals surface area contributed by atoms with E-state index in [0.717, 1.165) is 38.7 Å². The van der Waals surface area contributed by atoms with Gasteiger partial charge in [0.2, 0.25) is 0 Å². The maximum absolute atomic E-state index is 11.6. The Balaban J connectivity index is 3.08. The molecule has 13 heteroatoms. The first-order chi connectivity index (χ1) is 24.8. The largest absolute Gasteiger partial charge is 0.463 e. The van der Waals surface area contributed by atoms with Crippen LogP contribution in [0.4, 0.5) is 0 Å². The van der Waals surface area contributed by atoms with Gasteiger partial charge in [-0.1, -0.05) is 65.2 Å². The van der Waals surface area contributed by atoms with E-state index in [2.05, 4.69) is 13.8 Å². The van der Waals surface area contributed by atoms with Crippen LogP contribution >= 0.6 is 0 Å². The van der Waals surface area contributed by atoms with Crippen molar-refractivity contribution in [1.29, 1.82) is 0 Å². The van der Waals surface area contributed by atoms with Gasteiger partial charge in [-0.25, -0.2) is 0 Å². The highest BCUT2D eigenvalue weighted by Gasteiger charge is 2.02. The first-order valence-corrected chi connectivity index (χ1v) is 19.3. The van der Waals surface area contributed by atoms with E-state index in [1.54, 1.807) is 0 Å². The van der Waals surface area contributed by atoms with E-state index in [0.29, 0.717) is 145 Å². The molecule has 0 saturated carbocycles. The monoisotopic (exact) mass is 727 g/mol. The Morgan fingerprint density at radius 2 is 0.520 bits per heavy atom. The van der Waals surface area contributed by atoms with Crippen molar-refractivity contribution < 1.29 is 61.6 Å². The molecular weight excluding hydrogens is 652 g/mol. The van der Waals surface area contributed by atoms with Gasteiger partial charge in [0.05, 0.1) is 139 Å². The predicted octanol–water partition coefficient (Wildman–Crippen LogP) is 5.04. The number of esters is 1. The molecule has 0 saturated heterocycles. The van der Waals surface area contributed by atoms with E-state index in [-0.39, 0.29) is 12.6 Å². The van der Waals surface area contributed by atoms with E-state index >= 15 is 0 Å². The maximum atomic E-state index is 11.6. The number of carbonyl (C=O) groups is 1. The molecule has 0 heterocycles. The van der Waals surface area contributed by atoms with Gasteiger partial charge in [0.15, 0.2) is 0 Å². The van der Waals surface area contributed by atoms with Gasteiger partial charge in [0.1, 0.15) is 6.61 Å². The Morgan fingerprint density at radius 1 is 0.280 bits per heavy atom. The number of rotatable bonds is 45. The number of hydrogen-bond donors (Lipinski definition) is 0. The lowest BCUT2D eigenvalue weighted by Crippen LogP contribution is -2.15. The quantitative estimate of drug-likeness (QED) is 0.0615. The molecule has 50 heavy (non-hydrogen) atoms. The number of carbonyl (C=O) groups excluding carboxylic acids is 1. The first-order valence-electron chi connectivity index (χ1n) is 19.3. The third-order valence-corrected chi connectivity index (χ3v) is 7.09. The second kappa shape index (κ2) is 46.1. The van der Waals surface area contributed by atoms with Crippen molar-refractivity contribution in [3.05, 3.63) is 0 Å². The van der Waals surface area contributed by atoms with Crippen LogP contribution < -0.4 is 0 Å². The van der Waals surface area contributed by atoms with Crippen molar-refractivity contribution >= 4 is 5.97 Å². The van der Waals surface area contributed by atoms with E-state index < -0.39 is 0 Å². The molecule has 0 N–H and O–H groups in total. The minimum absolute atomic E-state index is 0.151. The fraction of sp³-hybridized carbons (Fsp3) is 0.973. The summed E-state index contributed by atoms with van der Waals surface area (Å²) >= 11 is 0. The van der Waals surface area contributed by atoms with Crippen LogP contribution in [0.5, 0.6) is 0 Å². The normalized spacial score (nSPS) is 11.5. The molecule has 0 aliphatic rings. The molecule has 0 radical (unpaired) electrons. The number of unbranched alkanes of at least 4 members (excludes halogenated alkanes) is 8. The SMILES string of the molecule is CCCCCCCCOCCOCCOCCOCCOCCOCCOCCOCCOCCOCCOCCOC(=O)CCCCCC. The lowest BCUT2D eigenvalue weighted by atomic mass is 10.1. The van der Waals surface area contributed by atoms with Crippen LogP contribution in [-0.2, 0) is 61.6 Å². The van der Waals surface area contributed by atoms with Crippen LogP contribution in [0.2, 0.25) is 0 Å². The molecule has 0 aliphatic heterocycles. The average Bonchev–Trinajstić information content (AvgIpc) is 3.12. The minimum Gasteiger partial charge on any atom is -0.463 e. The molecule has 0 amide bonds. The van der Waals surface area contributed by atoms with Crippen LogP contribution in [0, 0.1) is 0 Å². The van der Waals surface area contributed by atoms with Crippen LogP contribution in [0.3, 0.4) is 0 Å². The second-order valence-electron chi connectivity index (χ2n) is 11.5. The molecular formula is C37H74O13. The van der Waals surface area contributed by atoms with Gasteiger partial charge in [0.25, 0.3) is 0 Å². The van der Waals surface area contributed by atoms with Gasteiger partial charge in [-0.2, -0.15) is 0 Å². The second-order valence-corrected chi connectivity index (χ2v) is 11.5. The smallest absolute Gasteiger partial charge is 0.305 e. The predicted molar refractivity (Wildman–Crippen MR) is 192 cm³/mol. The molecule has 0 unspecified atom stereocenters. The molecule has 0 bridgehead atoms. The minimum atomic E-state index is -0.151. The van der Waals surface area contributed by atoms with Gasteiger partial charge in [0, 0.05) is 13.0 Å².